The molecule has 198 valence electrons. The van der Waals surface area contributed by atoms with E-state index in [-0.39, 0.29) is 33.0 Å². The lowest BCUT2D eigenvalue weighted by Crippen LogP contribution is -2.40. The van der Waals surface area contributed by atoms with Crippen LogP contribution in [0, 0.1) is 0 Å². The Hall–Kier alpha value is -1.62. The van der Waals surface area contributed by atoms with Crippen molar-refractivity contribution in [2.24, 2.45) is 0 Å². The highest BCUT2D eigenvalue weighted by atomic mass is 19.3. The average molecular weight is 506 g/mol. The summed E-state index contributed by atoms with van der Waals surface area (Å²) < 4.78 is 81.6. The van der Waals surface area contributed by atoms with Crippen LogP contribution in [0.15, 0.2) is 24.3 Å². The number of aliphatic hydroxyl groups is 4. The van der Waals surface area contributed by atoms with Gasteiger partial charge in [0.25, 0.3) is 0 Å². The zero-order valence-corrected chi connectivity index (χ0v) is 18.3. The molecule has 0 saturated carbocycles. The van der Waals surface area contributed by atoms with Crippen LogP contribution >= 0.6 is 0 Å². The van der Waals surface area contributed by atoms with Crippen LogP contribution in [-0.4, -0.2) is 104 Å². The van der Waals surface area contributed by atoms with Crippen molar-refractivity contribution in [2.45, 2.75) is 31.0 Å². The molecule has 0 fully saturated rings. The summed E-state index contributed by atoms with van der Waals surface area (Å²) in [4.78, 5) is 0. The molecule has 1 aromatic carbocycles. The summed E-state index contributed by atoms with van der Waals surface area (Å²) in [5.74, 6) is 0.363. The highest BCUT2D eigenvalue weighted by molar-refractivity contribution is 5.26. The second-order valence-electron chi connectivity index (χ2n) is 6.94. The first-order valence-corrected chi connectivity index (χ1v) is 10.1. The number of ether oxygens (including phenoxy) is 6. The first-order valence-electron chi connectivity index (χ1n) is 10.1. The van der Waals surface area contributed by atoms with Crippen molar-refractivity contribution in [2.75, 3.05) is 59.6 Å². The van der Waals surface area contributed by atoms with Crippen LogP contribution in [0.1, 0.15) is 5.56 Å². The van der Waals surface area contributed by atoms with Gasteiger partial charge in [-0.15, -0.1) is 0 Å². The van der Waals surface area contributed by atoms with Crippen LogP contribution < -0.4 is 4.74 Å². The molecule has 0 radical (unpaired) electrons. The van der Waals surface area contributed by atoms with Crippen molar-refractivity contribution in [3.63, 3.8) is 0 Å². The van der Waals surface area contributed by atoms with Crippen molar-refractivity contribution < 1.29 is 66.4 Å². The van der Waals surface area contributed by atoms with E-state index in [4.69, 9.17) is 29.5 Å². The predicted molar refractivity (Wildman–Crippen MR) is 106 cm³/mol. The Morgan fingerprint density at radius 3 is 1.94 bits per heavy atom. The molecule has 0 amide bonds. The van der Waals surface area contributed by atoms with E-state index in [2.05, 4.69) is 14.2 Å². The standard InChI is InChI=1S/C20H30F4O10/c21-19(22,12-31-10-17(28)11-33-18-3-1-15(7-25)2-4-18)34-20(23,24)13-32-14-30-6-5-29-9-16(27)8-26/h1-4,16-17,25-28H,5-14H2. The van der Waals surface area contributed by atoms with Crippen LogP contribution in [0.3, 0.4) is 0 Å². The Balaban J connectivity index is 2.17. The molecule has 10 nitrogen and oxygen atoms in total. The lowest BCUT2D eigenvalue weighted by molar-refractivity contribution is -0.396. The number of rotatable bonds is 20. The molecule has 1 aromatic rings. The number of alkyl halides is 4. The molecule has 2 atom stereocenters. The molecule has 0 aromatic heterocycles. The summed E-state index contributed by atoms with van der Waals surface area (Å²) in [5, 5.41) is 36.2. The number of halogens is 4. The van der Waals surface area contributed by atoms with Gasteiger partial charge in [-0.05, 0) is 17.7 Å². The summed E-state index contributed by atoms with van der Waals surface area (Å²) in [5.41, 5.74) is 0.648. The lowest BCUT2D eigenvalue weighted by Gasteiger charge is -2.24. The van der Waals surface area contributed by atoms with E-state index in [1.54, 1.807) is 12.1 Å². The Morgan fingerprint density at radius 2 is 1.32 bits per heavy atom. The molecule has 0 aliphatic heterocycles. The fraction of sp³-hybridized carbons (Fsp3) is 0.700. The number of aliphatic hydroxyl groups excluding tert-OH is 4. The van der Waals surface area contributed by atoms with E-state index in [1.165, 1.54) is 12.1 Å². The summed E-state index contributed by atoms with van der Waals surface area (Å²) in [6, 6.07) is 6.25. The minimum atomic E-state index is -4.37. The number of hydrogen-bond donors (Lipinski definition) is 4. The Labute approximate surface area is 193 Å². The molecule has 0 aliphatic rings. The molecule has 0 heterocycles. The van der Waals surface area contributed by atoms with Gasteiger partial charge in [-0.2, -0.15) is 17.6 Å². The van der Waals surface area contributed by atoms with E-state index in [1.807, 2.05) is 0 Å². The second-order valence-corrected chi connectivity index (χ2v) is 6.94. The molecule has 1 rings (SSSR count). The van der Waals surface area contributed by atoms with Gasteiger partial charge in [0.15, 0.2) is 0 Å². The summed E-state index contributed by atoms with van der Waals surface area (Å²) in [6.07, 6.45) is -11.1. The van der Waals surface area contributed by atoms with Gasteiger partial charge in [0, 0.05) is 0 Å². The van der Waals surface area contributed by atoms with E-state index in [9.17, 15) is 22.7 Å². The molecule has 0 saturated heterocycles. The largest absolute Gasteiger partial charge is 0.491 e. The molecule has 4 N–H and O–H groups in total. The van der Waals surface area contributed by atoms with Crippen LogP contribution in [0.2, 0.25) is 0 Å². The number of benzene rings is 1. The van der Waals surface area contributed by atoms with E-state index < -0.39 is 57.6 Å². The molecular formula is C20H30F4O10. The van der Waals surface area contributed by atoms with Crippen LogP contribution in [0.5, 0.6) is 5.75 Å². The molecule has 0 aliphatic carbocycles. The Bertz CT molecular complexity index is 651. The topological polar surface area (TPSA) is 136 Å². The van der Waals surface area contributed by atoms with E-state index in [0.717, 1.165) is 0 Å². The molecule has 14 heteroatoms. The van der Waals surface area contributed by atoms with Gasteiger partial charge < -0.3 is 44.1 Å². The van der Waals surface area contributed by atoms with Gasteiger partial charge in [0.2, 0.25) is 0 Å². The maximum atomic E-state index is 13.6. The molecule has 0 spiro atoms. The monoisotopic (exact) mass is 506 g/mol. The van der Waals surface area contributed by atoms with Crippen molar-refractivity contribution in [1.29, 1.82) is 0 Å². The average Bonchev–Trinajstić information content (AvgIpc) is 2.78. The minimum Gasteiger partial charge on any atom is -0.491 e. The predicted octanol–water partition coefficient (Wildman–Crippen LogP) is 0.498. The Kier molecular flexibility index (Phi) is 14.4. The quantitative estimate of drug-likeness (QED) is 0.112. The van der Waals surface area contributed by atoms with Gasteiger partial charge in [-0.1, -0.05) is 12.1 Å². The number of hydrogen-bond acceptors (Lipinski definition) is 10. The third-order valence-electron chi connectivity index (χ3n) is 3.76. The zero-order chi connectivity index (χ0) is 25.5. The normalized spacial score (nSPS) is 14.2. The molecular weight excluding hydrogens is 476 g/mol. The summed E-state index contributed by atoms with van der Waals surface area (Å²) in [7, 11) is 0. The summed E-state index contributed by atoms with van der Waals surface area (Å²) in [6.45, 7) is -5.52. The van der Waals surface area contributed by atoms with Gasteiger partial charge in [0.1, 0.15) is 44.6 Å². The van der Waals surface area contributed by atoms with Gasteiger partial charge in [-0.3, -0.25) is 4.74 Å². The third-order valence-corrected chi connectivity index (χ3v) is 3.76. The maximum absolute atomic E-state index is 13.6. The smallest absolute Gasteiger partial charge is 0.383 e. The maximum Gasteiger partial charge on any atom is 0.383 e. The zero-order valence-electron chi connectivity index (χ0n) is 18.3. The van der Waals surface area contributed by atoms with Gasteiger partial charge in [0.05, 0.1) is 39.6 Å². The highest BCUT2D eigenvalue weighted by Gasteiger charge is 2.44. The van der Waals surface area contributed by atoms with Crippen LogP contribution in [0.25, 0.3) is 0 Å². The van der Waals surface area contributed by atoms with Gasteiger partial charge >= 0.3 is 12.2 Å². The third kappa shape index (κ3) is 14.6. The highest BCUT2D eigenvalue weighted by Crippen LogP contribution is 2.27. The van der Waals surface area contributed by atoms with E-state index in [0.29, 0.717) is 11.3 Å². The Morgan fingerprint density at radius 1 is 0.735 bits per heavy atom. The van der Waals surface area contributed by atoms with Crippen molar-refractivity contribution in [1.82, 2.24) is 0 Å². The molecule has 0 bridgehead atoms. The minimum absolute atomic E-state index is 0.0182. The van der Waals surface area contributed by atoms with Crippen LogP contribution in [0.4, 0.5) is 17.6 Å². The van der Waals surface area contributed by atoms with Crippen molar-refractivity contribution >= 4 is 0 Å². The SMILES string of the molecule is OCc1ccc(OCC(O)COCC(F)(F)OC(F)(F)COCOCCOCC(O)CO)cc1. The van der Waals surface area contributed by atoms with Crippen LogP contribution in [-0.2, 0) is 30.3 Å². The molecule has 2 unspecified atom stereocenters. The first-order chi connectivity index (χ1) is 16.1. The second kappa shape index (κ2) is 16.1. The summed E-state index contributed by atoms with van der Waals surface area (Å²) >= 11 is 0. The van der Waals surface area contributed by atoms with Crippen molar-refractivity contribution in [3.8, 4) is 5.75 Å². The van der Waals surface area contributed by atoms with E-state index >= 15 is 0 Å². The van der Waals surface area contributed by atoms with Gasteiger partial charge in [-0.25, -0.2) is 0 Å². The lowest BCUT2D eigenvalue weighted by atomic mass is 10.2. The fourth-order valence-corrected chi connectivity index (χ4v) is 2.19. The molecule has 34 heavy (non-hydrogen) atoms. The first kappa shape index (κ1) is 30.4. The van der Waals surface area contributed by atoms with Crippen molar-refractivity contribution in [3.05, 3.63) is 29.8 Å². The fourth-order valence-electron chi connectivity index (χ4n) is 2.19.